The maximum Gasteiger partial charge on any atom is 0.312 e. The highest BCUT2D eigenvalue weighted by atomic mass is 16.5. The van der Waals surface area contributed by atoms with E-state index in [-0.39, 0.29) is 6.61 Å². The van der Waals surface area contributed by atoms with Crippen molar-refractivity contribution in [3.63, 3.8) is 0 Å². The molecule has 8 nitrogen and oxygen atoms in total. The van der Waals surface area contributed by atoms with Gasteiger partial charge in [-0.1, -0.05) is 30.3 Å². The zero-order chi connectivity index (χ0) is 22.1. The quantitative estimate of drug-likeness (QED) is 0.562. The Kier molecular flexibility index (Phi) is 6.04. The molecule has 0 saturated heterocycles. The summed E-state index contributed by atoms with van der Waals surface area (Å²) in [6.07, 6.45) is -2.53. The molecule has 1 aliphatic carbocycles. The molecule has 6 atom stereocenters. The molecule has 4 rings (SSSR count). The third-order valence-corrected chi connectivity index (χ3v) is 6.04. The van der Waals surface area contributed by atoms with Gasteiger partial charge >= 0.3 is 5.97 Å². The van der Waals surface area contributed by atoms with Crippen LogP contribution in [0.25, 0.3) is 0 Å². The Morgan fingerprint density at radius 2 is 1.90 bits per heavy atom. The summed E-state index contributed by atoms with van der Waals surface area (Å²) in [7, 11) is 2.81. The number of hydrogen-bond acceptors (Lipinski definition) is 8. The number of carbonyl (C=O) groups excluding carboxylic acids is 1. The molecular formula is C23H26O8. The van der Waals surface area contributed by atoms with E-state index in [0.717, 1.165) is 5.56 Å². The number of carbonyl (C=O) groups is 1. The predicted octanol–water partition coefficient (Wildman–Crippen LogP) is 1.22. The zero-order valence-corrected chi connectivity index (χ0v) is 17.3. The van der Waals surface area contributed by atoms with E-state index < -0.39 is 48.6 Å². The van der Waals surface area contributed by atoms with Gasteiger partial charge in [-0.25, -0.2) is 0 Å². The van der Waals surface area contributed by atoms with Crippen LogP contribution in [0.4, 0.5) is 0 Å². The second-order valence-electron chi connectivity index (χ2n) is 7.77. The molecule has 2 aliphatic rings. The normalized spacial score (nSPS) is 27.1. The molecule has 0 spiro atoms. The van der Waals surface area contributed by atoms with Crippen LogP contribution in [0.1, 0.15) is 23.0 Å². The van der Waals surface area contributed by atoms with Crippen LogP contribution in [0.3, 0.4) is 0 Å². The van der Waals surface area contributed by atoms with Crippen molar-refractivity contribution in [1.82, 2.24) is 0 Å². The number of aliphatic hydroxyl groups excluding tert-OH is 3. The second-order valence-corrected chi connectivity index (χ2v) is 7.77. The van der Waals surface area contributed by atoms with Crippen LogP contribution in [0.5, 0.6) is 17.2 Å². The molecule has 1 aliphatic heterocycles. The Morgan fingerprint density at radius 1 is 1.16 bits per heavy atom. The summed E-state index contributed by atoms with van der Waals surface area (Å²) in [4.78, 5) is 12.6. The van der Waals surface area contributed by atoms with E-state index in [0.29, 0.717) is 22.8 Å². The number of benzene rings is 2. The fraction of sp³-hybridized carbons (Fsp3) is 0.435. The SMILES string of the molecule is COC(=O)[C@H]1C(O)C2c3c(OC)cc(OCC(O)CO)cc3OC2[C@@H]1c1ccccc1. The fourth-order valence-corrected chi connectivity index (χ4v) is 4.68. The monoisotopic (exact) mass is 430 g/mol. The maximum atomic E-state index is 12.6. The summed E-state index contributed by atoms with van der Waals surface area (Å²) in [5, 5.41) is 29.8. The van der Waals surface area contributed by atoms with Crippen molar-refractivity contribution in [2.24, 2.45) is 5.92 Å². The minimum absolute atomic E-state index is 0.0923. The lowest BCUT2D eigenvalue weighted by Crippen LogP contribution is -2.31. The van der Waals surface area contributed by atoms with E-state index in [9.17, 15) is 15.0 Å². The van der Waals surface area contributed by atoms with Gasteiger partial charge in [-0.05, 0) is 5.56 Å². The summed E-state index contributed by atoms with van der Waals surface area (Å²) in [6, 6.07) is 12.8. The molecule has 0 radical (unpaired) electrons. The Labute approximate surface area is 179 Å². The zero-order valence-electron chi connectivity index (χ0n) is 17.3. The number of hydrogen-bond donors (Lipinski definition) is 3. The molecule has 0 bridgehead atoms. The molecule has 8 heteroatoms. The third-order valence-electron chi connectivity index (χ3n) is 6.04. The Hall–Kier alpha value is -2.81. The van der Waals surface area contributed by atoms with E-state index in [1.165, 1.54) is 14.2 Å². The average Bonchev–Trinajstić information content (AvgIpc) is 3.31. The summed E-state index contributed by atoms with van der Waals surface area (Å²) >= 11 is 0. The molecule has 0 amide bonds. The molecule has 2 aromatic carbocycles. The lowest BCUT2D eigenvalue weighted by Gasteiger charge is -2.24. The van der Waals surface area contributed by atoms with Crippen molar-refractivity contribution in [3.8, 4) is 17.2 Å². The summed E-state index contributed by atoms with van der Waals surface area (Å²) in [6.45, 7) is -0.506. The van der Waals surface area contributed by atoms with Crippen molar-refractivity contribution in [3.05, 3.63) is 53.6 Å². The molecular weight excluding hydrogens is 404 g/mol. The van der Waals surface area contributed by atoms with Gasteiger partial charge in [0, 0.05) is 23.6 Å². The van der Waals surface area contributed by atoms with E-state index in [1.54, 1.807) is 12.1 Å². The highest BCUT2D eigenvalue weighted by Gasteiger charge is 2.60. The Morgan fingerprint density at radius 3 is 2.55 bits per heavy atom. The summed E-state index contributed by atoms with van der Waals surface area (Å²) in [5.74, 6) is -0.823. The summed E-state index contributed by atoms with van der Waals surface area (Å²) in [5.41, 5.74) is 1.54. The van der Waals surface area contributed by atoms with Gasteiger partial charge in [-0.2, -0.15) is 0 Å². The molecule has 2 aromatic rings. The first-order chi connectivity index (χ1) is 15.0. The molecule has 1 saturated carbocycles. The van der Waals surface area contributed by atoms with Crippen LogP contribution in [0.15, 0.2) is 42.5 Å². The van der Waals surface area contributed by atoms with E-state index in [4.69, 9.17) is 24.1 Å². The van der Waals surface area contributed by atoms with Crippen molar-refractivity contribution < 1.29 is 39.1 Å². The minimum Gasteiger partial charge on any atom is -0.496 e. The third kappa shape index (κ3) is 3.71. The first kappa shape index (κ1) is 21.4. The number of fused-ring (bicyclic) bond motifs is 3. The lowest BCUT2D eigenvalue weighted by atomic mass is 9.87. The van der Waals surface area contributed by atoms with Crippen LogP contribution in [-0.2, 0) is 9.53 Å². The maximum absolute atomic E-state index is 12.6. The van der Waals surface area contributed by atoms with E-state index in [1.807, 2.05) is 30.3 Å². The van der Waals surface area contributed by atoms with Gasteiger partial charge in [0.2, 0.25) is 0 Å². The molecule has 1 heterocycles. The molecule has 3 N–H and O–H groups in total. The highest BCUT2D eigenvalue weighted by Crippen LogP contribution is 2.58. The number of esters is 1. The topological polar surface area (TPSA) is 115 Å². The first-order valence-electron chi connectivity index (χ1n) is 10.1. The minimum atomic E-state index is -1.03. The molecule has 4 unspecified atom stereocenters. The highest BCUT2D eigenvalue weighted by molar-refractivity contribution is 5.76. The van der Waals surface area contributed by atoms with Crippen LogP contribution in [-0.4, -0.2) is 67.0 Å². The smallest absolute Gasteiger partial charge is 0.312 e. The molecule has 1 fully saturated rings. The molecule has 166 valence electrons. The number of ether oxygens (including phenoxy) is 4. The Bertz CT molecular complexity index is 931. The number of rotatable bonds is 7. The van der Waals surface area contributed by atoms with Crippen LogP contribution in [0.2, 0.25) is 0 Å². The van der Waals surface area contributed by atoms with Gasteiger partial charge in [-0.15, -0.1) is 0 Å². The van der Waals surface area contributed by atoms with Gasteiger partial charge in [-0.3, -0.25) is 4.79 Å². The van der Waals surface area contributed by atoms with Crippen molar-refractivity contribution in [2.75, 3.05) is 27.4 Å². The second kappa shape index (κ2) is 8.74. The van der Waals surface area contributed by atoms with E-state index >= 15 is 0 Å². The van der Waals surface area contributed by atoms with Crippen molar-refractivity contribution in [2.45, 2.75) is 30.1 Å². The van der Waals surface area contributed by atoms with Gasteiger partial charge in [0.1, 0.15) is 36.1 Å². The lowest BCUT2D eigenvalue weighted by molar-refractivity contribution is -0.149. The molecule has 31 heavy (non-hydrogen) atoms. The van der Waals surface area contributed by atoms with Gasteiger partial charge in [0.15, 0.2) is 0 Å². The first-order valence-corrected chi connectivity index (χ1v) is 10.1. The number of aliphatic hydroxyl groups is 3. The fourth-order valence-electron chi connectivity index (χ4n) is 4.68. The van der Waals surface area contributed by atoms with Gasteiger partial charge < -0.3 is 34.3 Å². The van der Waals surface area contributed by atoms with Crippen molar-refractivity contribution in [1.29, 1.82) is 0 Å². The van der Waals surface area contributed by atoms with Crippen LogP contribution >= 0.6 is 0 Å². The number of methoxy groups -OCH3 is 2. The largest absolute Gasteiger partial charge is 0.496 e. The van der Waals surface area contributed by atoms with Crippen LogP contribution in [0, 0.1) is 5.92 Å². The van der Waals surface area contributed by atoms with Gasteiger partial charge in [0.05, 0.1) is 38.8 Å². The van der Waals surface area contributed by atoms with E-state index in [2.05, 4.69) is 0 Å². The van der Waals surface area contributed by atoms with Crippen LogP contribution < -0.4 is 14.2 Å². The summed E-state index contributed by atoms with van der Waals surface area (Å²) < 4.78 is 22.4. The molecule has 0 aromatic heterocycles. The average molecular weight is 430 g/mol. The Balaban J connectivity index is 1.73. The standard InChI is InChI=1S/C23H26O8/c1-28-15-8-14(30-11-13(25)10-24)9-16-18(15)19-21(26)20(23(27)29-2)17(22(19)31-16)12-6-4-3-5-7-12/h3-9,13,17,19-22,24-26H,10-11H2,1-2H3/t13?,17-,19?,20-,21?,22?/m1/s1. The van der Waals surface area contributed by atoms with Gasteiger partial charge in [0.25, 0.3) is 0 Å². The van der Waals surface area contributed by atoms with Crippen molar-refractivity contribution >= 4 is 5.97 Å². The predicted molar refractivity (Wildman–Crippen MR) is 109 cm³/mol.